The molecule has 0 N–H and O–H groups in total. The summed E-state index contributed by atoms with van der Waals surface area (Å²) in [5.41, 5.74) is 5.30. The summed E-state index contributed by atoms with van der Waals surface area (Å²) in [6.07, 6.45) is 6.77. The van der Waals surface area contributed by atoms with Crippen molar-refractivity contribution in [2.24, 2.45) is 5.92 Å². The summed E-state index contributed by atoms with van der Waals surface area (Å²) in [7, 11) is 0. The Morgan fingerprint density at radius 2 is 1.94 bits per heavy atom. The molecule has 1 saturated carbocycles. The number of allylic oxidation sites excluding steroid dienone is 3. The average Bonchev–Trinajstić information content (AvgIpc) is 3.32. The molecule has 0 unspecified atom stereocenters. The molecule has 1 heterocycles. The quantitative estimate of drug-likeness (QED) is 0.295. The van der Waals surface area contributed by atoms with Crippen LogP contribution in [0.25, 0.3) is 11.1 Å². The first kappa shape index (κ1) is 22.3. The van der Waals surface area contributed by atoms with Crippen LogP contribution in [0.4, 0.5) is 4.39 Å². The molecular formula is C28H31FO3. The Morgan fingerprint density at radius 1 is 1.22 bits per heavy atom. The molecule has 0 amide bonds. The lowest BCUT2D eigenvalue weighted by atomic mass is 9.81. The first-order chi connectivity index (χ1) is 15.1. The number of esters is 1. The molecule has 168 valence electrons. The summed E-state index contributed by atoms with van der Waals surface area (Å²) in [6.45, 7) is 11.4. The van der Waals surface area contributed by atoms with E-state index in [1.165, 1.54) is 29.3 Å². The number of carbonyl (C=O) groups is 1. The van der Waals surface area contributed by atoms with Crippen molar-refractivity contribution in [3.63, 3.8) is 0 Å². The predicted molar refractivity (Wildman–Crippen MR) is 125 cm³/mol. The highest BCUT2D eigenvalue weighted by atomic mass is 19.1. The number of hydrogen-bond acceptors (Lipinski definition) is 3. The number of halogens is 1. The van der Waals surface area contributed by atoms with E-state index in [2.05, 4.69) is 39.0 Å². The van der Waals surface area contributed by atoms with Gasteiger partial charge in [0.15, 0.2) is 0 Å². The Balaban J connectivity index is 1.66. The van der Waals surface area contributed by atoms with Gasteiger partial charge in [-0.2, -0.15) is 0 Å². The summed E-state index contributed by atoms with van der Waals surface area (Å²) in [6, 6.07) is 11.1. The van der Waals surface area contributed by atoms with E-state index in [1.807, 2.05) is 25.1 Å². The van der Waals surface area contributed by atoms with Gasteiger partial charge in [0.2, 0.25) is 0 Å². The van der Waals surface area contributed by atoms with Crippen molar-refractivity contribution in [2.45, 2.75) is 51.9 Å². The molecule has 0 spiro atoms. The molecule has 2 aliphatic rings. The smallest absolute Gasteiger partial charge is 0.330 e. The molecule has 0 radical (unpaired) electrons. The number of benzene rings is 2. The van der Waals surface area contributed by atoms with Crippen molar-refractivity contribution >= 4 is 5.97 Å². The van der Waals surface area contributed by atoms with Crippen LogP contribution in [0.5, 0.6) is 5.75 Å². The van der Waals surface area contributed by atoms with Gasteiger partial charge in [-0.15, -0.1) is 0 Å². The number of hydrogen-bond donors (Lipinski definition) is 0. The summed E-state index contributed by atoms with van der Waals surface area (Å²) in [4.78, 5) is 11.7. The Hall–Kier alpha value is -2.88. The highest BCUT2D eigenvalue weighted by molar-refractivity contribution is 5.83. The highest BCUT2D eigenvalue weighted by Gasteiger charge is 2.50. The largest absolute Gasteiger partial charge is 0.492 e. The summed E-state index contributed by atoms with van der Waals surface area (Å²) in [5, 5.41) is 0. The van der Waals surface area contributed by atoms with E-state index in [1.54, 1.807) is 6.92 Å². The zero-order chi connectivity index (χ0) is 23.1. The number of ether oxygens (including phenoxy) is 2. The molecule has 32 heavy (non-hydrogen) atoms. The second-order valence-electron chi connectivity index (χ2n) is 9.81. The molecule has 0 aromatic heterocycles. The fourth-order valence-electron chi connectivity index (χ4n) is 4.49. The van der Waals surface area contributed by atoms with Gasteiger partial charge in [0, 0.05) is 22.6 Å². The molecule has 1 aliphatic heterocycles. The summed E-state index contributed by atoms with van der Waals surface area (Å²) < 4.78 is 24.6. The van der Waals surface area contributed by atoms with E-state index >= 15 is 0 Å². The maximum atomic E-state index is 13.5. The van der Waals surface area contributed by atoms with Crippen molar-refractivity contribution in [2.75, 3.05) is 13.2 Å². The van der Waals surface area contributed by atoms with E-state index in [0.29, 0.717) is 19.1 Å². The van der Waals surface area contributed by atoms with E-state index in [9.17, 15) is 9.18 Å². The summed E-state index contributed by atoms with van der Waals surface area (Å²) in [5.74, 6) is 0.749. The van der Waals surface area contributed by atoms with Crippen molar-refractivity contribution in [1.29, 1.82) is 0 Å². The van der Waals surface area contributed by atoms with Gasteiger partial charge >= 0.3 is 5.97 Å². The molecule has 0 saturated heterocycles. The molecule has 4 rings (SSSR count). The third kappa shape index (κ3) is 4.23. The Morgan fingerprint density at radius 3 is 2.62 bits per heavy atom. The zero-order valence-corrected chi connectivity index (χ0v) is 19.5. The first-order valence-corrected chi connectivity index (χ1v) is 11.2. The normalized spacial score (nSPS) is 23.7. The highest BCUT2D eigenvalue weighted by Crippen LogP contribution is 2.57. The van der Waals surface area contributed by atoms with Gasteiger partial charge in [-0.3, -0.25) is 0 Å². The third-order valence-electron chi connectivity index (χ3n) is 6.74. The molecule has 1 aliphatic carbocycles. The molecule has 4 heteroatoms. The average molecular weight is 435 g/mol. The number of fused-ring (bicyclic) bond motifs is 1. The maximum Gasteiger partial charge on any atom is 0.330 e. The predicted octanol–water partition coefficient (Wildman–Crippen LogP) is 6.51. The lowest BCUT2D eigenvalue weighted by molar-refractivity contribution is -0.137. The van der Waals surface area contributed by atoms with Gasteiger partial charge in [-0.25, -0.2) is 9.18 Å². The first-order valence-electron chi connectivity index (χ1n) is 11.2. The van der Waals surface area contributed by atoms with Crippen LogP contribution in [0.2, 0.25) is 0 Å². The van der Waals surface area contributed by atoms with E-state index in [0.717, 1.165) is 28.9 Å². The lowest BCUT2D eigenvalue weighted by Gasteiger charge is -2.20. The lowest BCUT2D eigenvalue weighted by Crippen LogP contribution is -2.18. The Bertz CT molecular complexity index is 1090. The number of rotatable bonds is 6. The molecule has 2 aromatic rings. The van der Waals surface area contributed by atoms with Crippen molar-refractivity contribution in [3.05, 3.63) is 77.1 Å². The van der Waals surface area contributed by atoms with Crippen molar-refractivity contribution in [1.82, 2.24) is 0 Å². The van der Waals surface area contributed by atoms with Crippen LogP contribution in [0.1, 0.15) is 52.2 Å². The van der Waals surface area contributed by atoms with Crippen molar-refractivity contribution in [3.8, 4) is 16.9 Å². The van der Waals surface area contributed by atoms with Gasteiger partial charge in [-0.05, 0) is 66.5 Å². The minimum absolute atomic E-state index is 0.0171. The summed E-state index contributed by atoms with van der Waals surface area (Å²) >= 11 is 0. The SMILES string of the molecule is CCOC(=O)/C=C(C)/C=C/[C@@H]1C[C@]1(C)c1cc(-c2ccc(F)cc2)c2c(c1)C(C)(C)CO2. The van der Waals surface area contributed by atoms with Crippen LogP contribution in [-0.2, 0) is 20.4 Å². The zero-order valence-electron chi connectivity index (χ0n) is 19.5. The van der Waals surface area contributed by atoms with Gasteiger partial charge in [0.25, 0.3) is 0 Å². The van der Waals surface area contributed by atoms with E-state index in [4.69, 9.17) is 9.47 Å². The minimum Gasteiger partial charge on any atom is -0.492 e. The van der Waals surface area contributed by atoms with Gasteiger partial charge in [0.1, 0.15) is 11.6 Å². The van der Waals surface area contributed by atoms with Crippen molar-refractivity contribution < 1.29 is 18.7 Å². The topological polar surface area (TPSA) is 35.5 Å². The van der Waals surface area contributed by atoms with Crippen LogP contribution >= 0.6 is 0 Å². The molecular weight excluding hydrogens is 403 g/mol. The fraction of sp³-hybridized carbons (Fsp3) is 0.393. The van der Waals surface area contributed by atoms with Gasteiger partial charge < -0.3 is 9.47 Å². The molecule has 0 bridgehead atoms. The van der Waals surface area contributed by atoms with Crippen LogP contribution in [0.3, 0.4) is 0 Å². The molecule has 1 fully saturated rings. The van der Waals surface area contributed by atoms with Gasteiger partial charge in [-0.1, -0.05) is 51.1 Å². The van der Waals surface area contributed by atoms with Crippen LogP contribution in [0, 0.1) is 11.7 Å². The Labute approximate surface area is 189 Å². The van der Waals surface area contributed by atoms with Crippen LogP contribution in [0.15, 0.2) is 60.2 Å². The molecule has 3 nitrogen and oxygen atoms in total. The minimum atomic E-state index is -0.307. The van der Waals surface area contributed by atoms with Crippen LogP contribution < -0.4 is 4.74 Å². The molecule has 2 aromatic carbocycles. The Kier molecular flexibility index (Phi) is 5.74. The number of carbonyl (C=O) groups excluding carboxylic acids is 1. The third-order valence-corrected chi connectivity index (χ3v) is 6.74. The van der Waals surface area contributed by atoms with Crippen LogP contribution in [-0.4, -0.2) is 19.2 Å². The monoisotopic (exact) mass is 434 g/mol. The van der Waals surface area contributed by atoms with E-state index < -0.39 is 0 Å². The van der Waals surface area contributed by atoms with E-state index in [-0.39, 0.29) is 22.6 Å². The molecule has 2 atom stereocenters. The second-order valence-corrected chi connectivity index (χ2v) is 9.81. The maximum absolute atomic E-state index is 13.5. The second kappa shape index (κ2) is 8.23. The standard InChI is InChI=1S/C28H31FO3/c1-6-31-25(30)13-18(2)7-10-20-16-28(20,5)21-14-23(19-8-11-22(29)12-9-19)26-24(15-21)27(3,4)17-32-26/h7-15,20H,6,16-17H2,1-5H3/b10-7+,18-13+/t20-,28+/m1/s1. The van der Waals surface area contributed by atoms with Gasteiger partial charge in [0.05, 0.1) is 13.2 Å². The fourth-order valence-corrected chi connectivity index (χ4v) is 4.49.